The Kier molecular flexibility index (Phi) is 8.56. The highest BCUT2D eigenvalue weighted by atomic mass is 32.2. The minimum atomic E-state index is -3.83. The average Bonchev–Trinajstić information content (AvgIpc) is 3.22. The van der Waals surface area contributed by atoms with Crippen molar-refractivity contribution in [2.24, 2.45) is 0 Å². The highest BCUT2D eigenvalue weighted by molar-refractivity contribution is 7.89. The molecule has 0 saturated heterocycles. The third kappa shape index (κ3) is 7.14. The molecular formula is C23H33N3O6S2. The van der Waals surface area contributed by atoms with Crippen molar-refractivity contribution in [2.45, 2.75) is 68.8 Å². The fourth-order valence-electron chi connectivity index (χ4n) is 3.98. The number of carbonyl (C=O) groups is 1. The largest absolute Gasteiger partial charge is 0.491 e. The van der Waals surface area contributed by atoms with Crippen LogP contribution in [0.2, 0.25) is 0 Å². The third-order valence-electron chi connectivity index (χ3n) is 5.43. The topological polar surface area (TPSA) is 127 Å². The highest BCUT2D eigenvalue weighted by Crippen LogP contribution is 2.40. The van der Waals surface area contributed by atoms with Crippen molar-refractivity contribution in [3.63, 3.8) is 0 Å². The first-order chi connectivity index (χ1) is 16.0. The average molecular weight is 512 g/mol. The summed E-state index contributed by atoms with van der Waals surface area (Å²) in [7, 11) is -2.26. The van der Waals surface area contributed by atoms with Crippen LogP contribution in [0.25, 0.3) is 10.4 Å². The molecular weight excluding hydrogens is 478 g/mol. The number of nitrogens with zero attached hydrogens (tertiary/aromatic N) is 1. The maximum absolute atomic E-state index is 13.3. The molecule has 0 aliphatic heterocycles. The molecule has 0 atom stereocenters. The predicted molar refractivity (Wildman–Crippen MR) is 131 cm³/mol. The van der Waals surface area contributed by atoms with Gasteiger partial charge in [-0.2, -0.15) is 0 Å². The molecule has 1 aromatic carbocycles. The molecule has 1 heterocycles. The number of rotatable bonds is 9. The normalized spacial score (nSPS) is 19.1. The van der Waals surface area contributed by atoms with Crippen molar-refractivity contribution in [1.29, 1.82) is 0 Å². The van der Waals surface area contributed by atoms with Crippen molar-refractivity contribution in [1.82, 2.24) is 15.0 Å². The van der Waals surface area contributed by atoms with Gasteiger partial charge in [-0.15, -0.1) is 11.3 Å². The van der Waals surface area contributed by atoms with E-state index in [0.29, 0.717) is 24.5 Å². The van der Waals surface area contributed by atoms with Crippen molar-refractivity contribution >= 4 is 27.5 Å². The Morgan fingerprint density at radius 2 is 1.91 bits per heavy atom. The molecule has 1 aromatic heterocycles. The Morgan fingerprint density at radius 3 is 2.53 bits per heavy atom. The molecule has 9 nitrogen and oxygen atoms in total. The second kappa shape index (κ2) is 11.0. The quantitative estimate of drug-likeness (QED) is 0.431. The maximum atomic E-state index is 13.3. The summed E-state index contributed by atoms with van der Waals surface area (Å²) in [6.45, 7) is 6.09. The van der Waals surface area contributed by atoms with Crippen molar-refractivity contribution in [3.05, 3.63) is 29.4 Å². The summed E-state index contributed by atoms with van der Waals surface area (Å²) in [6.07, 6.45) is 3.91. The molecule has 0 bridgehead atoms. The molecule has 3 N–H and O–H groups in total. The fraction of sp³-hybridized carbons (Fsp3) is 0.565. The van der Waals surface area contributed by atoms with Gasteiger partial charge in [0.1, 0.15) is 12.4 Å². The van der Waals surface area contributed by atoms with E-state index in [-0.39, 0.29) is 16.9 Å². The molecule has 1 saturated carbocycles. The smallest absolute Gasteiger partial charge is 0.404 e. The lowest BCUT2D eigenvalue weighted by molar-refractivity contribution is 0.146. The summed E-state index contributed by atoms with van der Waals surface area (Å²) in [5.74, 6) is 0.680. The number of amides is 1. The molecule has 34 heavy (non-hydrogen) atoms. The molecule has 0 unspecified atom stereocenters. The second-order valence-corrected chi connectivity index (χ2v) is 12.1. The van der Waals surface area contributed by atoms with Gasteiger partial charge < -0.3 is 19.9 Å². The van der Waals surface area contributed by atoms with E-state index in [2.05, 4.69) is 15.0 Å². The third-order valence-corrected chi connectivity index (χ3v) is 8.42. The SMILES string of the molecule is COCCOc1ccc(-c2cnc([C@H]3CC[C@H](NC(=O)O)CC3)s2)c(S(=O)(=O)NC(C)(C)C)c1. The number of ether oxygens (including phenoxy) is 2. The Morgan fingerprint density at radius 1 is 1.21 bits per heavy atom. The first kappa shape index (κ1) is 26.4. The molecule has 0 radical (unpaired) electrons. The summed E-state index contributed by atoms with van der Waals surface area (Å²) in [4.78, 5) is 16.4. The van der Waals surface area contributed by atoms with Crippen LogP contribution in [0.4, 0.5) is 4.79 Å². The first-order valence-electron chi connectivity index (χ1n) is 11.2. The zero-order valence-corrected chi connectivity index (χ0v) is 21.6. The van der Waals surface area contributed by atoms with Gasteiger partial charge in [0.2, 0.25) is 10.0 Å². The molecule has 1 aliphatic rings. The van der Waals surface area contributed by atoms with Crippen molar-refractivity contribution < 1.29 is 27.8 Å². The van der Waals surface area contributed by atoms with Crippen molar-refractivity contribution in [3.8, 4) is 16.2 Å². The second-order valence-electron chi connectivity index (χ2n) is 9.42. The van der Waals surface area contributed by atoms with Crippen LogP contribution in [0.1, 0.15) is 57.4 Å². The van der Waals surface area contributed by atoms with Crippen LogP contribution in [0, 0.1) is 0 Å². The van der Waals surface area contributed by atoms with E-state index in [4.69, 9.17) is 14.6 Å². The van der Waals surface area contributed by atoms with Gasteiger partial charge in [0.15, 0.2) is 0 Å². The zero-order chi connectivity index (χ0) is 24.9. The summed E-state index contributed by atoms with van der Waals surface area (Å²) >= 11 is 1.48. The Balaban J connectivity index is 1.87. The summed E-state index contributed by atoms with van der Waals surface area (Å²) in [5, 5.41) is 12.4. The molecule has 11 heteroatoms. The van der Waals surface area contributed by atoms with Gasteiger partial charge in [-0.1, -0.05) is 0 Å². The number of methoxy groups -OCH3 is 1. The predicted octanol–water partition coefficient (Wildman–Crippen LogP) is 4.21. The standard InChI is InChI=1S/C23H33N3O6S2/c1-23(2,3)26-34(29,30)20-13-17(32-12-11-31-4)9-10-18(20)19-14-24-21(33-19)15-5-7-16(8-6-15)25-22(27)28/h9-10,13-16,25-26H,5-8,11-12H2,1-4H3,(H,27,28)/t15-,16-. The lowest BCUT2D eigenvalue weighted by Crippen LogP contribution is -2.40. The molecule has 0 spiro atoms. The van der Waals surface area contributed by atoms with Gasteiger partial charge in [-0.05, 0) is 58.6 Å². The van der Waals surface area contributed by atoms with E-state index < -0.39 is 21.7 Å². The number of benzene rings is 1. The number of aromatic nitrogens is 1. The fourth-order valence-corrected chi connectivity index (χ4v) is 6.83. The van der Waals surface area contributed by atoms with Crippen LogP contribution in [0.3, 0.4) is 0 Å². The molecule has 2 aromatic rings. The van der Waals surface area contributed by atoms with Crippen LogP contribution >= 0.6 is 11.3 Å². The van der Waals surface area contributed by atoms with Crippen LogP contribution in [0.5, 0.6) is 5.75 Å². The molecule has 3 rings (SSSR count). The molecule has 188 valence electrons. The number of carboxylic acid groups (broad SMARTS) is 1. The number of hydrogen-bond donors (Lipinski definition) is 3. The maximum Gasteiger partial charge on any atom is 0.404 e. The van der Waals surface area contributed by atoms with Crippen LogP contribution < -0.4 is 14.8 Å². The Bertz CT molecular complexity index is 1090. The number of thiazole rings is 1. The lowest BCUT2D eigenvalue weighted by Gasteiger charge is -2.27. The van der Waals surface area contributed by atoms with E-state index >= 15 is 0 Å². The number of nitrogens with one attached hydrogen (secondary N) is 2. The van der Waals surface area contributed by atoms with Gasteiger partial charge in [0.05, 0.1) is 21.4 Å². The van der Waals surface area contributed by atoms with E-state index in [9.17, 15) is 13.2 Å². The van der Waals surface area contributed by atoms with Gasteiger partial charge >= 0.3 is 6.09 Å². The lowest BCUT2D eigenvalue weighted by atomic mass is 9.86. The van der Waals surface area contributed by atoms with E-state index in [0.717, 1.165) is 35.6 Å². The van der Waals surface area contributed by atoms with Crippen molar-refractivity contribution in [2.75, 3.05) is 20.3 Å². The molecule has 1 aliphatic carbocycles. The van der Waals surface area contributed by atoms with Gasteiger partial charge in [-0.25, -0.2) is 22.9 Å². The van der Waals surface area contributed by atoms with Crippen LogP contribution in [-0.2, 0) is 14.8 Å². The van der Waals surface area contributed by atoms with Gasteiger partial charge in [0, 0.05) is 42.4 Å². The van der Waals surface area contributed by atoms with Crippen LogP contribution in [-0.4, -0.2) is 56.5 Å². The van der Waals surface area contributed by atoms with E-state index in [1.807, 2.05) is 0 Å². The monoisotopic (exact) mass is 511 g/mol. The summed E-state index contributed by atoms with van der Waals surface area (Å²) in [6, 6.07) is 5.02. The van der Waals surface area contributed by atoms with Gasteiger partial charge in [-0.3, -0.25) is 0 Å². The summed E-state index contributed by atoms with van der Waals surface area (Å²) < 4.78 is 40.0. The van der Waals surface area contributed by atoms with Gasteiger partial charge in [0.25, 0.3) is 0 Å². The Labute approximate surface area is 204 Å². The molecule has 1 amide bonds. The van der Waals surface area contributed by atoms with Crippen LogP contribution in [0.15, 0.2) is 29.3 Å². The molecule has 1 fully saturated rings. The number of sulfonamides is 1. The highest BCUT2D eigenvalue weighted by Gasteiger charge is 2.28. The zero-order valence-electron chi connectivity index (χ0n) is 20.0. The van der Waals surface area contributed by atoms with E-state index in [1.54, 1.807) is 52.3 Å². The minimum Gasteiger partial charge on any atom is -0.491 e. The van der Waals surface area contributed by atoms with E-state index in [1.165, 1.54) is 11.3 Å². The minimum absolute atomic E-state index is 0.0287. The number of hydrogen-bond acceptors (Lipinski definition) is 7. The first-order valence-corrected chi connectivity index (χ1v) is 13.5. The Hall–Kier alpha value is -2.21. The summed E-state index contributed by atoms with van der Waals surface area (Å²) in [5.41, 5.74) is -0.0781.